The minimum Gasteiger partial charge on any atom is -0.481 e. The molecular weight excluding hydrogens is 1030 g/mol. The Balaban J connectivity index is 1.39. The topological polar surface area (TPSA) is 251 Å². The van der Waals surface area contributed by atoms with Crippen LogP contribution in [0.25, 0.3) is 15.1 Å². The molecule has 3 N–H and O–H groups in total. The van der Waals surface area contributed by atoms with Crippen molar-refractivity contribution in [1.29, 1.82) is 5.26 Å². The van der Waals surface area contributed by atoms with Gasteiger partial charge >= 0.3 is 5.97 Å². The van der Waals surface area contributed by atoms with Crippen LogP contribution in [0.4, 0.5) is 51.7 Å². The summed E-state index contributed by atoms with van der Waals surface area (Å²) in [5, 5.41) is 64.2. The summed E-state index contributed by atoms with van der Waals surface area (Å²) in [5.74, 6) is -1.47. The molecule has 0 aliphatic rings. The van der Waals surface area contributed by atoms with Crippen LogP contribution in [0.5, 0.6) is 0 Å². The van der Waals surface area contributed by atoms with Gasteiger partial charge in [-0.15, -0.1) is 25.5 Å². The average molecular weight is 1090 g/mol. The Bertz CT molecular complexity index is 3610. The number of benzene rings is 3. The number of carboxylic acids is 1. The molecule has 4 aromatic heterocycles. The Morgan fingerprint density at radius 3 is 1.96 bits per heavy atom. The van der Waals surface area contributed by atoms with E-state index in [-0.39, 0.29) is 50.3 Å². The highest BCUT2D eigenvalue weighted by Gasteiger charge is 2.33. The zero-order valence-electron chi connectivity index (χ0n) is 46.1. The first kappa shape index (κ1) is 57.2. The van der Waals surface area contributed by atoms with Gasteiger partial charge in [-0.05, 0) is 113 Å². The summed E-state index contributed by atoms with van der Waals surface area (Å²) < 4.78 is 2.65. The van der Waals surface area contributed by atoms with Gasteiger partial charge in [0.1, 0.15) is 23.1 Å². The van der Waals surface area contributed by atoms with Gasteiger partial charge in [-0.25, -0.2) is 9.83 Å². The number of carbonyl (C=O) groups excluding carboxylic acids is 2. The number of nitrogens with zero attached hydrogens (tertiary/aromatic N) is 14. The predicted octanol–water partition coefficient (Wildman–Crippen LogP) is 14.0. The third-order valence-electron chi connectivity index (χ3n) is 12.4. The van der Waals surface area contributed by atoms with Crippen LogP contribution in [-0.2, 0) is 25.2 Å². The van der Waals surface area contributed by atoms with Crippen molar-refractivity contribution in [2.75, 3.05) is 22.1 Å². The molecule has 0 bridgehead atoms. The Labute approximate surface area is 462 Å². The number of aliphatic carboxylic acids is 1. The number of azo groups is 2. The van der Waals surface area contributed by atoms with E-state index >= 15 is 0 Å². The summed E-state index contributed by atoms with van der Waals surface area (Å²) >= 11 is 7.28. The molecule has 0 radical (unpaired) electrons. The second-order valence-electron chi connectivity index (χ2n) is 21.2. The second-order valence-corrected chi connectivity index (χ2v) is 22.5. The molecule has 0 aliphatic carbocycles. The quantitative estimate of drug-likeness (QED) is 0.0437. The van der Waals surface area contributed by atoms with Crippen molar-refractivity contribution in [2.45, 2.75) is 127 Å². The number of ketones is 1. The number of nitrogens with one attached hydrogen (secondary N) is 2. The van der Waals surface area contributed by atoms with Crippen LogP contribution in [0.3, 0.4) is 0 Å². The van der Waals surface area contributed by atoms with E-state index in [0.29, 0.717) is 47.2 Å². The molecule has 1 unspecified atom stereocenters. The van der Waals surface area contributed by atoms with Crippen molar-refractivity contribution in [3.8, 4) is 16.3 Å². The van der Waals surface area contributed by atoms with Crippen LogP contribution in [0.1, 0.15) is 117 Å². The van der Waals surface area contributed by atoms with E-state index in [1.165, 1.54) is 16.3 Å². The number of aryl methyl sites for hydroxylation is 7. The van der Waals surface area contributed by atoms with Gasteiger partial charge in [-0.2, -0.15) is 29.9 Å². The summed E-state index contributed by atoms with van der Waals surface area (Å²) in [6.07, 6.45) is 0.310. The van der Waals surface area contributed by atoms with Gasteiger partial charge in [0, 0.05) is 29.8 Å². The molecule has 1 amide bonds. The summed E-state index contributed by atoms with van der Waals surface area (Å²) in [5.41, 5.74) is 8.62. The fourth-order valence-corrected chi connectivity index (χ4v) is 9.93. The van der Waals surface area contributed by atoms with Gasteiger partial charge in [0.05, 0.1) is 28.7 Å². The van der Waals surface area contributed by atoms with Gasteiger partial charge in [0.25, 0.3) is 11.6 Å². The molecule has 0 spiro atoms. The minimum absolute atomic E-state index is 0.00938. The van der Waals surface area contributed by atoms with Crippen molar-refractivity contribution >= 4 is 92.3 Å². The number of hydrogen-bond acceptors (Lipinski definition) is 16. The molecule has 78 heavy (non-hydrogen) atoms. The molecule has 20 nitrogen and oxygen atoms in total. The molecule has 1 atom stereocenters. The van der Waals surface area contributed by atoms with Crippen molar-refractivity contribution in [1.82, 2.24) is 34.7 Å². The SMILES string of the molecule is [C-]#[N+]c1c(C(C)(C)C)nn(-c2nnc(-n3nc(C(C)(C)C)c(C#N)c3N=Nc3c(C)cc(N(CCCC(=O)O)c4c(C)cc(C)cc4C)nc3Nc3c(C)cc(C)cc3C)s2)c1N=NC(C(C)=O)C(=O)Nc1ccccc1Cl. The van der Waals surface area contributed by atoms with Crippen LogP contribution < -0.4 is 15.5 Å². The number of nitriles is 1. The maximum Gasteiger partial charge on any atom is 0.303 e. The third-order valence-corrected chi connectivity index (χ3v) is 13.6. The second kappa shape index (κ2) is 23.0. The van der Waals surface area contributed by atoms with Crippen LogP contribution >= 0.6 is 22.9 Å². The van der Waals surface area contributed by atoms with Gasteiger partial charge in [-0.1, -0.05) is 112 Å². The van der Waals surface area contributed by atoms with E-state index in [0.717, 1.165) is 56.1 Å². The van der Waals surface area contributed by atoms with Gasteiger partial charge < -0.3 is 20.6 Å². The molecule has 0 aliphatic heterocycles. The molecule has 0 fully saturated rings. The normalized spacial score (nSPS) is 12.2. The first-order valence-corrected chi connectivity index (χ1v) is 26.1. The Hall–Kier alpha value is -8.53. The largest absolute Gasteiger partial charge is 0.481 e. The summed E-state index contributed by atoms with van der Waals surface area (Å²) in [6.45, 7) is 35.2. The van der Waals surface area contributed by atoms with Crippen molar-refractivity contribution < 1.29 is 19.5 Å². The van der Waals surface area contributed by atoms with Crippen molar-refractivity contribution in [2.24, 2.45) is 20.5 Å². The van der Waals surface area contributed by atoms with Crippen molar-refractivity contribution in [3.63, 3.8) is 0 Å². The van der Waals surface area contributed by atoms with E-state index < -0.39 is 34.5 Å². The van der Waals surface area contributed by atoms with Crippen molar-refractivity contribution in [3.05, 3.63) is 127 Å². The van der Waals surface area contributed by atoms with E-state index in [2.05, 4.69) is 66.2 Å². The fraction of sp³-hybridized carbons (Fsp3) is 0.357. The molecule has 0 saturated carbocycles. The molecule has 4 heterocycles. The lowest BCUT2D eigenvalue weighted by Crippen LogP contribution is -2.31. The van der Waals surface area contributed by atoms with E-state index in [9.17, 15) is 24.8 Å². The zero-order chi connectivity index (χ0) is 57.1. The molecule has 3 aromatic carbocycles. The highest BCUT2D eigenvalue weighted by molar-refractivity contribution is 7.16. The number of rotatable bonds is 17. The predicted molar refractivity (Wildman–Crippen MR) is 303 cm³/mol. The van der Waals surface area contributed by atoms with Crippen LogP contribution in [0.2, 0.25) is 5.02 Å². The van der Waals surface area contributed by atoms with Gasteiger partial charge in [0.2, 0.25) is 16.3 Å². The molecule has 22 heteroatoms. The number of para-hydroxylation sites is 1. The molecule has 402 valence electrons. The fourth-order valence-electron chi connectivity index (χ4n) is 8.99. The zero-order valence-corrected chi connectivity index (χ0v) is 47.7. The first-order chi connectivity index (χ1) is 36.7. The number of carbonyl (C=O) groups is 3. The molecule has 7 rings (SSSR count). The number of amides is 1. The third kappa shape index (κ3) is 12.3. The molecular formula is C56H61ClN16O4S. The summed E-state index contributed by atoms with van der Waals surface area (Å²) in [7, 11) is 0. The standard InChI is InChI=1S/C56H61ClN16O4S/c1-29-23-31(3)42(32(4)24-29)62-49-43(33(5)27-40(61-49)71(22-18-21-41(75)76)46-34(6)25-30(2)26-35(46)7)63-65-50-37(28-58)47(55(9,10)11)69-72(50)53-67-68-54(78-53)73-51(45(59-15)48(70-73)56(12,13)14)66-64-44(36(8)74)52(77)60-39-20-17-16-19-38(39)57/h16-17,19-20,23-27,44H,18,21-22H2,1-14H3,(H,60,77)(H,61,62)(H,75,76). The van der Waals surface area contributed by atoms with Crippen LogP contribution in [-0.4, -0.2) is 70.1 Å². The molecule has 0 saturated heterocycles. The number of pyridine rings is 1. The lowest BCUT2D eigenvalue weighted by molar-refractivity contribution is -0.137. The van der Waals surface area contributed by atoms with E-state index in [4.69, 9.17) is 43.6 Å². The monoisotopic (exact) mass is 1090 g/mol. The summed E-state index contributed by atoms with van der Waals surface area (Å²) in [4.78, 5) is 49.3. The summed E-state index contributed by atoms with van der Waals surface area (Å²) in [6, 6.07) is 17.4. The Morgan fingerprint density at radius 2 is 1.41 bits per heavy atom. The lowest BCUT2D eigenvalue weighted by atomic mass is 9.90. The highest BCUT2D eigenvalue weighted by Crippen LogP contribution is 2.44. The Morgan fingerprint density at radius 1 is 0.833 bits per heavy atom. The lowest BCUT2D eigenvalue weighted by Gasteiger charge is -2.29. The number of hydrogen-bond donors (Lipinski definition) is 3. The molecule has 7 aromatic rings. The maximum atomic E-state index is 13.5. The van der Waals surface area contributed by atoms with E-state index in [1.807, 2.05) is 101 Å². The highest BCUT2D eigenvalue weighted by atomic mass is 35.5. The minimum atomic E-state index is -1.62. The number of Topliss-reactive ketones (excluding diaryl/α,β-unsaturated/α-hetero) is 1. The van der Waals surface area contributed by atoms with Gasteiger partial charge in [0.15, 0.2) is 23.2 Å². The van der Waals surface area contributed by atoms with Gasteiger partial charge in [-0.3, -0.25) is 14.4 Å². The maximum absolute atomic E-state index is 13.5. The van der Waals surface area contributed by atoms with Crippen LogP contribution in [0, 0.1) is 66.4 Å². The first-order valence-electron chi connectivity index (χ1n) is 24.9. The van der Waals surface area contributed by atoms with Crippen LogP contribution in [0.15, 0.2) is 75.1 Å². The Kier molecular flexibility index (Phi) is 16.8. The number of aromatic nitrogens is 7. The number of halogens is 1. The number of carboxylic acid groups (broad SMARTS) is 1. The van der Waals surface area contributed by atoms with E-state index in [1.54, 1.807) is 24.3 Å². The smallest absolute Gasteiger partial charge is 0.303 e. The average Bonchev–Trinajstić information content (AvgIpc) is 4.10. The number of anilines is 5.